The van der Waals surface area contributed by atoms with E-state index >= 15 is 0 Å². The maximum Gasteiger partial charge on any atom is 0.144 e. The fourth-order valence-corrected chi connectivity index (χ4v) is 7.49. The van der Waals surface area contributed by atoms with Gasteiger partial charge >= 0.3 is 0 Å². The maximum absolute atomic E-state index is 9.39. The number of hydrogen-bond donors (Lipinski definition) is 2. The molecule has 3 rings (SSSR count). The monoisotopic (exact) mass is 1030 g/mol. The van der Waals surface area contributed by atoms with Gasteiger partial charge in [-0.3, -0.25) is 0 Å². The van der Waals surface area contributed by atoms with E-state index in [1.807, 2.05) is 94.4 Å². The standard InChI is InChI=1S/C58H94O15/c1-42(29-61-31-44(3)71-41-57(60)28-59)63-33-45(4)65-35-47(6)66-36-48(7)68-38-50(9)70-40-52(11)72-51(10)39-69-49(8)37-67-46(5)34-64-43(2)30-62-32-53(12)73-58(54-22-16-13-17-23-54,55-24-18-14-19-25-55)56-26-20-15-21-27-56/h13-27,42-53,57,59-60H,28-41H2,1-12H3. The topological polar surface area (TPSA) is 160 Å². The van der Waals surface area contributed by atoms with Crippen LogP contribution in [0.3, 0.4) is 0 Å². The van der Waals surface area contributed by atoms with Crippen molar-refractivity contribution in [3.05, 3.63) is 108 Å². The lowest BCUT2D eigenvalue weighted by molar-refractivity contribution is -0.121. The molecule has 0 radical (unpaired) electrons. The SMILES string of the molecule is CC(COCC(C)OCC(C)OCC(C)OCC(C)OCC(C)OCC(C)OC(C)COC(C)COC(C)COC(C)COCC(C)OC(c1ccccc1)(c1ccccc1)c1ccccc1)OCC(O)CO. The fraction of sp³-hybridized carbons (Fsp3) is 0.690. The molecule has 0 bridgehead atoms. The van der Waals surface area contributed by atoms with E-state index in [9.17, 15) is 5.11 Å². The summed E-state index contributed by atoms with van der Waals surface area (Å²) >= 11 is 0. The van der Waals surface area contributed by atoms with Gasteiger partial charge in [0.25, 0.3) is 0 Å². The molecule has 3 aromatic carbocycles. The van der Waals surface area contributed by atoms with E-state index in [1.165, 1.54) is 0 Å². The molecule has 416 valence electrons. The van der Waals surface area contributed by atoms with Gasteiger partial charge in [0.15, 0.2) is 0 Å². The molecule has 0 aliphatic heterocycles. The minimum atomic E-state index is -0.885. The van der Waals surface area contributed by atoms with Crippen LogP contribution in [0.4, 0.5) is 0 Å². The number of benzene rings is 3. The van der Waals surface area contributed by atoms with Crippen LogP contribution < -0.4 is 0 Å². The summed E-state index contributed by atoms with van der Waals surface area (Å²) in [4.78, 5) is 0. The Hall–Kier alpha value is -2.94. The highest BCUT2D eigenvalue weighted by Crippen LogP contribution is 2.41. The zero-order valence-corrected chi connectivity index (χ0v) is 46.3. The Balaban J connectivity index is 1.21. The van der Waals surface area contributed by atoms with Crippen molar-refractivity contribution in [2.45, 2.75) is 168 Å². The van der Waals surface area contributed by atoms with Gasteiger partial charge in [-0.25, -0.2) is 0 Å². The van der Waals surface area contributed by atoms with Crippen molar-refractivity contribution in [2.24, 2.45) is 0 Å². The van der Waals surface area contributed by atoms with Crippen LogP contribution in [0.15, 0.2) is 91.0 Å². The third kappa shape index (κ3) is 27.1. The highest BCUT2D eigenvalue weighted by molar-refractivity contribution is 5.47. The number of aliphatic hydroxyl groups excluding tert-OH is 2. The van der Waals surface area contributed by atoms with E-state index < -0.39 is 11.7 Å². The number of hydrogen-bond acceptors (Lipinski definition) is 15. The van der Waals surface area contributed by atoms with Gasteiger partial charge in [0.1, 0.15) is 11.7 Å². The lowest BCUT2D eigenvalue weighted by atomic mass is 9.80. The highest BCUT2D eigenvalue weighted by atomic mass is 16.6. The van der Waals surface area contributed by atoms with Crippen molar-refractivity contribution in [1.29, 1.82) is 0 Å². The van der Waals surface area contributed by atoms with Gasteiger partial charge in [-0.1, -0.05) is 91.0 Å². The van der Waals surface area contributed by atoms with Crippen molar-refractivity contribution in [3.63, 3.8) is 0 Å². The third-order valence-corrected chi connectivity index (χ3v) is 11.5. The first-order valence-electron chi connectivity index (χ1n) is 26.5. The second kappa shape index (κ2) is 36.9. The van der Waals surface area contributed by atoms with Gasteiger partial charge in [0.2, 0.25) is 0 Å². The fourth-order valence-electron chi connectivity index (χ4n) is 7.49. The predicted octanol–water partition coefficient (Wildman–Crippen LogP) is 8.21. The van der Waals surface area contributed by atoms with Gasteiger partial charge in [0.05, 0.1) is 166 Å². The molecule has 13 unspecified atom stereocenters. The zero-order chi connectivity index (χ0) is 53.4. The molecule has 15 nitrogen and oxygen atoms in total. The molecular formula is C58H94O15. The van der Waals surface area contributed by atoms with Gasteiger partial charge in [-0.15, -0.1) is 0 Å². The highest BCUT2D eigenvalue weighted by Gasteiger charge is 2.39. The number of aliphatic hydroxyl groups is 2. The Morgan fingerprint density at radius 1 is 0.315 bits per heavy atom. The summed E-state index contributed by atoms with van der Waals surface area (Å²) < 4.78 is 78.4. The van der Waals surface area contributed by atoms with E-state index in [-0.39, 0.29) is 86.5 Å². The lowest BCUT2D eigenvalue weighted by Crippen LogP contribution is -2.38. The molecule has 3 aromatic rings. The molecule has 0 saturated carbocycles. The van der Waals surface area contributed by atoms with Gasteiger partial charge in [-0.2, -0.15) is 0 Å². The van der Waals surface area contributed by atoms with Crippen LogP contribution in [0.5, 0.6) is 0 Å². The summed E-state index contributed by atoms with van der Waals surface area (Å²) in [5.74, 6) is 0. The third-order valence-electron chi connectivity index (χ3n) is 11.5. The van der Waals surface area contributed by atoms with Gasteiger partial charge < -0.3 is 71.8 Å². The lowest BCUT2D eigenvalue weighted by Gasteiger charge is -2.38. The van der Waals surface area contributed by atoms with Crippen molar-refractivity contribution in [2.75, 3.05) is 92.5 Å². The Labute approximate surface area is 438 Å². The van der Waals surface area contributed by atoms with Crippen LogP contribution >= 0.6 is 0 Å². The van der Waals surface area contributed by atoms with E-state index in [1.54, 1.807) is 0 Å². The van der Waals surface area contributed by atoms with Gasteiger partial charge in [0, 0.05) is 0 Å². The van der Waals surface area contributed by atoms with Crippen LogP contribution in [-0.2, 0) is 67.2 Å². The minimum Gasteiger partial charge on any atom is -0.394 e. The van der Waals surface area contributed by atoms with E-state index in [2.05, 4.69) is 79.7 Å². The van der Waals surface area contributed by atoms with Crippen molar-refractivity contribution in [1.82, 2.24) is 0 Å². The molecule has 0 amide bonds. The van der Waals surface area contributed by atoms with Crippen LogP contribution in [0.2, 0.25) is 0 Å². The first-order valence-corrected chi connectivity index (χ1v) is 26.5. The first-order chi connectivity index (χ1) is 35.0. The molecule has 2 N–H and O–H groups in total. The zero-order valence-electron chi connectivity index (χ0n) is 46.3. The van der Waals surface area contributed by atoms with Crippen LogP contribution in [-0.4, -0.2) is 182 Å². The minimum absolute atomic E-state index is 0.0666. The molecule has 15 heteroatoms. The van der Waals surface area contributed by atoms with Crippen LogP contribution in [0.25, 0.3) is 0 Å². The van der Waals surface area contributed by atoms with Crippen molar-refractivity contribution in [3.8, 4) is 0 Å². The smallest absolute Gasteiger partial charge is 0.144 e. The summed E-state index contributed by atoms with van der Waals surface area (Å²) in [5.41, 5.74) is 2.35. The second-order valence-corrected chi connectivity index (χ2v) is 19.7. The Morgan fingerprint density at radius 2 is 0.548 bits per heavy atom. The van der Waals surface area contributed by atoms with E-state index in [0.717, 1.165) is 16.7 Å². The van der Waals surface area contributed by atoms with E-state index in [0.29, 0.717) is 79.3 Å². The average molecular weight is 1030 g/mol. The quantitative estimate of drug-likeness (QED) is 0.0522. The molecule has 0 fully saturated rings. The summed E-state index contributed by atoms with van der Waals surface area (Å²) in [6.07, 6.45) is -2.54. The molecule has 0 spiro atoms. The molecule has 13 atom stereocenters. The van der Waals surface area contributed by atoms with Crippen molar-refractivity contribution < 1.29 is 71.8 Å². The Kier molecular flexibility index (Phi) is 32.6. The van der Waals surface area contributed by atoms with Gasteiger partial charge in [-0.05, 0) is 99.8 Å². The molecule has 73 heavy (non-hydrogen) atoms. The predicted molar refractivity (Wildman–Crippen MR) is 283 cm³/mol. The number of rotatable bonds is 43. The summed E-state index contributed by atoms with van der Waals surface area (Å²) in [5, 5.41) is 18.3. The largest absolute Gasteiger partial charge is 0.394 e. The Bertz CT molecular complexity index is 1670. The molecule has 0 saturated heterocycles. The maximum atomic E-state index is 9.39. The van der Waals surface area contributed by atoms with Crippen molar-refractivity contribution >= 4 is 0 Å². The molecule has 0 aromatic heterocycles. The first kappa shape index (κ1) is 64.3. The van der Waals surface area contributed by atoms with E-state index in [4.69, 9.17) is 66.7 Å². The Morgan fingerprint density at radius 3 is 0.822 bits per heavy atom. The molecule has 0 aliphatic carbocycles. The summed E-state index contributed by atoms with van der Waals surface area (Å²) in [6.45, 7) is 28.5. The van der Waals surface area contributed by atoms with Crippen LogP contribution in [0.1, 0.15) is 99.8 Å². The second-order valence-electron chi connectivity index (χ2n) is 19.7. The molecule has 0 aliphatic rings. The molecular weight excluding hydrogens is 937 g/mol. The molecule has 0 heterocycles. The van der Waals surface area contributed by atoms with Crippen LogP contribution in [0, 0.1) is 0 Å². The average Bonchev–Trinajstić information content (AvgIpc) is 3.39. The normalized spacial score (nSPS) is 17.7. The number of ether oxygens (including phenoxy) is 13. The summed E-state index contributed by atoms with van der Waals surface area (Å²) in [7, 11) is 0. The summed E-state index contributed by atoms with van der Waals surface area (Å²) in [6, 6.07) is 31.1.